The van der Waals surface area contributed by atoms with Crippen molar-refractivity contribution < 1.29 is 14.3 Å². The molecule has 0 saturated heterocycles. The summed E-state index contributed by atoms with van der Waals surface area (Å²) >= 11 is 6.07. The van der Waals surface area contributed by atoms with Crippen LogP contribution in [0.15, 0.2) is 42.7 Å². The van der Waals surface area contributed by atoms with Crippen LogP contribution in [0.5, 0.6) is 5.75 Å². The normalized spacial score (nSPS) is 15.1. The van der Waals surface area contributed by atoms with E-state index in [2.05, 4.69) is 10.3 Å². The maximum Gasteiger partial charge on any atom is 0.407 e. The van der Waals surface area contributed by atoms with E-state index in [0.717, 1.165) is 24.0 Å². The summed E-state index contributed by atoms with van der Waals surface area (Å²) < 4.78 is 11.3. The number of nitrogens with zero attached hydrogens (tertiary/aromatic N) is 1. The van der Waals surface area contributed by atoms with E-state index in [1.165, 1.54) is 0 Å². The predicted octanol–water partition coefficient (Wildman–Crippen LogP) is 5.09. The molecule has 144 valence electrons. The molecule has 1 aliphatic carbocycles. The lowest BCUT2D eigenvalue weighted by molar-refractivity contribution is 0.0509. The Kier molecular flexibility index (Phi) is 5.61. The Morgan fingerprint density at radius 1 is 1.22 bits per heavy atom. The van der Waals surface area contributed by atoms with Gasteiger partial charge >= 0.3 is 6.09 Å². The number of benzene rings is 1. The number of carbonyl (C=O) groups excluding carboxylic acids is 1. The fourth-order valence-corrected chi connectivity index (χ4v) is 2.87. The zero-order valence-corrected chi connectivity index (χ0v) is 16.7. The Morgan fingerprint density at radius 3 is 2.67 bits per heavy atom. The largest absolute Gasteiger partial charge is 0.491 e. The summed E-state index contributed by atoms with van der Waals surface area (Å²) in [4.78, 5) is 16.1. The van der Waals surface area contributed by atoms with Gasteiger partial charge in [0.05, 0.1) is 12.8 Å². The molecule has 0 spiro atoms. The number of alkyl carbamates (subject to hydrolysis) is 1. The second-order valence-electron chi connectivity index (χ2n) is 8.06. The van der Waals surface area contributed by atoms with E-state index >= 15 is 0 Å². The molecule has 6 heteroatoms. The summed E-state index contributed by atoms with van der Waals surface area (Å²) in [7, 11) is 0. The number of ether oxygens (including phenoxy) is 2. The Balaban J connectivity index is 1.55. The smallest absolute Gasteiger partial charge is 0.407 e. The minimum absolute atomic E-state index is 0.0248. The highest BCUT2D eigenvalue weighted by Gasteiger charge is 2.44. The Hall–Kier alpha value is -2.27. The molecule has 5 nitrogen and oxygen atoms in total. The lowest BCUT2D eigenvalue weighted by atomic mass is 10.1. The van der Waals surface area contributed by atoms with E-state index in [9.17, 15) is 4.79 Å². The topological polar surface area (TPSA) is 60.5 Å². The number of halogens is 1. The van der Waals surface area contributed by atoms with E-state index in [1.807, 2.05) is 51.1 Å². The number of rotatable bonds is 6. The highest BCUT2D eigenvalue weighted by Crippen LogP contribution is 2.45. The van der Waals surface area contributed by atoms with Gasteiger partial charge in [0, 0.05) is 28.7 Å². The zero-order chi connectivity index (χ0) is 19.5. The van der Waals surface area contributed by atoms with Crippen LogP contribution < -0.4 is 10.1 Å². The summed E-state index contributed by atoms with van der Waals surface area (Å²) in [5.74, 6) is 0.705. The van der Waals surface area contributed by atoms with Crippen LogP contribution in [0.1, 0.15) is 33.6 Å². The number of amides is 1. The van der Waals surface area contributed by atoms with E-state index < -0.39 is 11.7 Å². The predicted molar refractivity (Wildman–Crippen MR) is 106 cm³/mol. The van der Waals surface area contributed by atoms with Gasteiger partial charge in [0.25, 0.3) is 0 Å². The second-order valence-corrected chi connectivity index (χ2v) is 8.50. The fourth-order valence-electron chi connectivity index (χ4n) is 2.68. The van der Waals surface area contributed by atoms with Gasteiger partial charge in [-0.1, -0.05) is 23.7 Å². The van der Waals surface area contributed by atoms with Crippen molar-refractivity contribution in [2.75, 3.05) is 13.2 Å². The molecule has 1 fully saturated rings. The average Bonchev–Trinajstić information content (AvgIpc) is 3.38. The number of hydrogen-bond donors (Lipinski definition) is 1. The number of aromatic nitrogens is 1. The van der Waals surface area contributed by atoms with Crippen molar-refractivity contribution in [1.29, 1.82) is 0 Å². The molecule has 1 heterocycles. The Morgan fingerprint density at radius 2 is 2.00 bits per heavy atom. The Bertz CT molecular complexity index is 813. The van der Waals surface area contributed by atoms with Crippen molar-refractivity contribution in [1.82, 2.24) is 10.3 Å². The molecule has 1 amide bonds. The van der Waals surface area contributed by atoms with Gasteiger partial charge in [-0.15, -0.1) is 0 Å². The second kappa shape index (κ2) is 7.77. The maximum absolute atomic E-state index is 11.8. The SMILES string of the molecule is CC(C)(C)OC(=O)NCC1(COc2cncc(-c3cccc(Cl)c3)c2)CC1. The van der Waals surface area contributed by atoms with E-state index in [0.29, 0.717) is 23.9 Å². The highest BCUT2D eigenvalue weighted by atomic mass is 35.5. The number of carbonyl (C=O) groups is 1. The van der Waals surface area contributed by atoms with Gasteiger partial charge < -0.3 is 14.8 Å². The molecule has 2 aromatic rings. The highest BCUT2D eigenvalue weighted by molar-refractivity contribution is 6.30. The summed E-state index contributed by atoms with van der Waals surface area (Å²) in [5, 5.41) is 3.53. The van der Waals surface area contributed by atoms with Crippen LogP contribution in [0.25, 0.3) is 11.1 Å². The van der Waals surface area contributed by atoms with Gasteiger partial charge in [0.1, 0.15) is 11.4 Å². The van der Waals surface area contributed by atoms with Gasteiger partial charge in [-0.2, -0.15) is 0 Å². The van der Waals surface area contributed by atoms with E-state index in [-0.39, 0.29) is 5.41 Å². The minimum atomic E-state index is -0.496. The zero-order valence-electron chi connectivity index (χ0n) is 15.9. The maximum atomic E-state index is 11.8. The van der Waals surface area contributed by atoms with Crippen molar-refractivity contribution >= 4 is 17.7 Å². The van der Waals surface area contributed by atoms with Gasteiger partial charge in [-0.05, 0) is 57.4 Å². The molecule has 1 N–H and O–H groups in total. The Labute approximate surface area is 165 Å². The number of pyridine rings is 1. The molecule has 3 rings (SSSR count). The van der Waals surface area contributed by atoms with Gasteiger partial charge in [0.2, 0.25) is 0 Å². The van der Waals surface area contributed by atoms with Crippen molar-refractivity contribution in [3.8, 4) is 16.9 Å². The van der Waals surface area contributed by atoms with Crippen molar-refractivity contribution in [2.45, 2.75) is 39.2 Å². The van der Waals surface area contributed by atoms with Crippen LogP contribution in [-0.2, 0) is 4.74 Å². The quantitative estimate of drug-likeness (QED) is 0.749. The van der Waals surface area contributed by atoms with Crippen molar-refractivity contribution in [2.24, 2.45) is 5.41 Å². The molecular formula is C21H25ClN2O3. The summed E-state index contributed by atoms with van der Waals surface area (Å²) in [6.45, 7) is 6.63. The third kappa shape index (κ3) is 5.86. The standard InChI is InChI=1S/C21H25ClN2O3/c1-20(2,3)27-19(25)24-13-21(7-8-21)14-26-18-10-16(11-23-12-18)15-5-4-6-17(22)9-15/h4-6,9-12H,7-8,13-14H2,1-3H3,(H,24,25). The lowest BCUT2D eigenvalue weighted by Gasteiger charge is -2.22. The molecule has 0 aliphatic heterocycles. The first-order valence-electron chi connectivity index (χ1n) is 9.05. The number of hydrogen-bond acceptors (Lipinski definition) is 4. The fraction of sp³-hybridized carbons (Fsp3) is 0.429. The molecule has 0 atom stereocenters. The van der Waals surface area contributed by atoms with Crippen LogP contribution >= 0.6 is 11.6 Å². The lowest BCUT2D eigenvalue weighted by Crippen LogP contribution is -2.37. The molecule has 0 unspecified atom stereocenters. The van der Waals surface area contributed by atoms with Gasteiger partial charge in [0.15, 0.2) is 0 Å². The van der Waals surface area contributed by atoms with Crippen LogP contribution in [-0.4, -0.2) is 29.8 Å². The molecule has 1 saturated carbocycles. The van der Waals surface area contributed by atoms with Crippen molar-refractivity contribution in [3.63, 3.8) is 0 Å². The number of nitrogens with one attached hydrogen (secondary N) is 1. The van der Waals surface area contributed by atoms with Gasteiger partial charge in [-0.25, -0.2) is 4.79 Å². The molecule has 1 aliphatic rings. The van der Waals surface area contributed by atoms with E-state index in [1.54, 1.807) is 12.4 Å². The van der Waals surface area contributed by atoms with E-state index in [4.69, 9.17) is 21.1 Å². The molecule has 0 bridgehead atoms. The first-order valence-corrected chi connectivity index (χ1v) is 9.43. The molecular weight excluding hydrogens is 364 g/mol. The van der Waals surface area contributed by atoms with Crippen LogP contribution in [0.3, 0.4) is 0 Å². The summed E-state index contributed by atoms with van der Waals surface area (Å²) in [5.41, 5.74) is 1.42. The van der Waals surface area contributed by atoms with Crippen LogP contribution in [0, 0.1) is 5.41 Å². The van der Waals surface area contributed by atoms with Crippen molar-refractivity contribution in [3.05, 3.63) is 47.7 Å². The van der Waals surface area contributed by atoms with Crippen LogP contribution in [0.2, 0.25) is 5.02 Å². The molecule has 1 aromatic carbocycles. The molecule has 0 radical (unpaired) electrons. The minimum Gasteiger partial charge on any atom is -0.491 e. The summed E-state index contributed by atoms with van der Waals surface area (Å²) in [6.07, 6.45) is 5.13. The van der Waals surface area contributed by atoms with Crippen LogP contribution in [0.4, 0.5) is 4.79 Å². The summed E-state index contributed by atoms with van der Waals surface area (Å²) in [6, 6.07) is 9.59. The first kappa shape index (κ1) is 19.5. The third-order valence-electron chi connectivity index (χ3n) is 4.38. The molecule has 1 aromatic heterocycles. The molecule has 27 heavy (non-hydrogen) atoms. The average molecular weight is 389 g/mol. The third-order valence-corrected chi connectivity index (χ3v) is 4.61. The van der Waals surface area contributed by atoms with Gasteiger partial charge in [-0.3, -0.25) is 4.98 Å². The monoisotopic (exact) mass is 388 g/mol. The first-order chi connectivity index (χ1) is 12.7.